The fourth-order valence-corrected chi connectivity index (χ4v) is 2.12. The van der Waals surface area contributed by atoms with E-state index in [0.717, 1.165) is 13.0 Å². The van der Waals surface area contributed by atoms with Gasteiger partial charge >= 0.3 is 0 Å². The number of nitrogens with one attached hydrogen (secondary N) is 1. The molecule has 0 saturated carbocycles. The molecule has 0 radical (unpaired) electrons. The number of nitrogens with zero attached hydrogens (tertiary/aromatic N) is 3. The minimum absolute atomic E-state index is 0.0768. The normalized spacial score (nSPS) is 19.8. The molecule has 1 aliphatic heterocycles. The highest BCUT2D eigenvalue weighted by Gasteiger charge is 2.36. The van der Waals surface area contributed by atoms with Crippen molar-refractivity contribution in [1.82, 2.24) is 20.0 Å². The van der Waals surface area contributed by atoms with Crippen LogP contribution >= 0.6 is 0 Å². The van der Waals surface area contributed by atoms with Crippen LogP contribution in [0.4, 0.5) is 0 Å². The number of carbonyl (C=O) groups excluding carboxylic acids is 2. The number of hydrogen-bond acceptors (Lipinski definition) is 4. The molecule has 98 valence electrons. The van der Waals surface area contributed by atoms with Gasteiger partial charge in [-0.1, -0.05) is 0 Å². The van der Waals surface area contributed by atoms with Gasteiger partial charge < -0.3 is 5.32 Å². The minimum Gasteiger partial charge on any atom is -0.305 e. The zero-order chi connectivity index (χ0) is 13.0. The molecule has 1 fully saturated rings. The number of imide groups is 1. The number of aromatic nitrogens is 2. The van der Waals surface area contributed by atoms with Gasteiger partial charge in [0.25, 0.3) is 0 Å². The van der Waals surface area contributed by atoms with Crippen LogP contribution in [0.2, 0.25) is 0 Å². The van der Waals surface area contributed by atoms with Crippen molar-refractivity contribution in [3.8, 4) is 0 Å². The van der Waals surface area contributed by atoms with Crippen molar-refractivity contribution < 1.29 is 9.59 Å². The van der Waals surface area contributed by atoms with Crippen molar-refractivity contribution in [1.29, 1.82) is 0 Å². The second-order valence-corrected chi connectivity index (χ2v) is 4.31. The van der Waals surface area contributed by atoms with Crippen LogP contribution in [0.3, 0.4) is 0 Å². The highest BCUT2D eigenvalue weighted by atomic mass is 16.2. The Morgan fingerprint density at radius 3 is 2.94 bits per heavy atom. The molecule has 2 heterocycles. The number of amides is 2. The van der Waals surface area contributed by atoms with Crippen LogP contribution in [0.5, 0.6) is 0 Å². The van der Waals surface area contributed by atoms with Crippen molar-refractivity contribution in [2.45, 2.75) is 32.4 Å². The molecule has 6 heteroatoms. The summed E-state index contributed by atoms with van der Waals surface area (Å²) in [7, 11) is 0. The third-order valence-electron chi connectivity index (χ3n) is 3.07. The van der Waals surface area contributed by atoms with Crippen LogP contribution in [0.15, 0.2) is 18.5 Å². The third-order valence-corrected chi connectivity index (χ3v) is 3.07. The zero-order valence-electron chi connectivity index (χ0n) is 10.5. The third kappa shape index (κ3) is 2.76. The Balaban J connectivity index is 1.71. The van der Waals surface area contributed by atoms with Gasteiger partial charge in [-0.3, -0.25) is 19.2 Å². The first-order valence-electron chi connectivity index (χ1n) is 6.27. The summed E-state index contributed by atoms with van der Waals surface area (Å²) in [6.07, 6.45) is 4.81. The molecule has 0 bridgehead atoms. The van der Waals surface area contributed by atoms with Crippen LogP contribution in [0, 0.1) is 0 Å². The largest absolute Gasteiger partial charge is 0.305 e. The molecule has 1 N–H and O–H groups in total. The summed E-state index contributed by atoms with van der Waals surface area (Å²) in [6, 6.07) is 1.54. The van der Waals surface area contributed by atoms with Crippen LogP contribution in [0.1, 0.15) is 19.8 Å². The maximum absolute atomic E-state index is 11.8. The van der Waals surface area contributed by atoms with Crippen LogP contribution in [0.25, 0.3) is 0 Å². The van der Waals surface area contributed by atoms with Crippen molar-refractivity contribution in [3.05, 3.63) is 18.5 Å². The van der Waals surface area contributed by atoms with E-state index in [9.17, 15) is 9.59 Å². The Kier molecular flexibility index (Phi) is 4.09. The summed E-state index contributed by atoms with van der Waals surface area (Å²) in [5.74, 6) is -0.173. The van der Waals surface area contributed by atoms with E-state index in [2.05, 4.69) is 10.4 Å². The lowest BCUT2D eigenvalue weighted by atomic mass is 10.2. The van der Waals surface area contributed by atoms with E-state index >= 15 is 0 Å². The standard InChI is InChI=1S/C12H18N4O2/c1-2-16-11(17)9-10(12(16)18)13-5-3-7-15-8-4-6-14-15/h4,6,8,10,13H,2-3,5,7,9H2,1H3. The first-order valence-corrected chi connectivity index (χ1v) is 6.27. The van der Waals surface area contributed by atoms with Gasteiger partial charge in [0.05, 0.1) is 12.5 Å². The molecule has 0 aliphatic carbocycles. The Morgan fingerprint density at radius 2 is 2.33 bits per heavy atom. The molecule has 6 nitrogen and oxygen atoms in total. The average Bonchev–Trinajstić information content (AvgIpc) is 2.94. The van der Waals surface area contributed by atoms with Crippen molar-refractivity contribution in [2.75, 3.05) is 13.1 Å². The Bertz CT molecular complexity index is 416. The van der Waals surface area contributed by atoms with E-state index in [0.29, 0.717) is 13.1 Å². The highest BCUT2D eigenvalue weighted by Crippen LogP contribution is 2.12. The zero-order valence-corrected chi connectivity index (χ0v) is 10.5. The molecule has 1 saturated heterocycles. The van der Waals surface area contributed by atoms with Gasteiger partial charge in [0, 0.05) is 25.5 Å². The first kappa shape index (κ1) is 12.8. The number of hydrogen-bond donors (Lipinski definition) is 1. The lowest BCUT2D eigenvalue weighted by Crippen LogP contribution is -2.39. The van der Waals surface area contributed by atoms with Gasteiger partial charge in [0.1, 0.15) is 0 Å². The number of rotatable bonds is 6. The van der Waals surface area contributed by atoms with Crippen molar-refractivity contribution in [2.24, 2.45) is 0 Å². The fourth-order valence-electron chi connectivity index (χ4n) is 2.12. The van der Waals surface area contributed by atoms with Crippen molar-refractivity contribution >= 4 is 11.8 Å². The molecule has 1 unspecified atom stereocenters. The lowest BCUT2D eigenvalue weighted by molar-refractivity contribution is -0.138. The summed E-state index contributed by atoms with van der Waals surface area (Å²) in [5, 5.41) is 7.23. The molecule has 1 atom stereocenters. The Hall–Kier alpha value is -1.69. The molecular weight excluding hydrogens is 232 g/mol. The van der Waals surface area contributed by atoms with Gasteiger partial charge in [0.2, 0.25) is 11.8 Å². The first-order chi connectivity index (χ1) is 8.72. The second-order valence-electron chi connectivity index (χ2n) is 4.31. The smallest absolute Gasteiger partial charge is 0.246 e. The molecule has 1 aromatic heterocycles. The summed E-state index contributed by atoms with van der Waals surface area (Å²) in [6.45, 7) is 3.80. The summed E-state index contributed by atoms with van der Waals surface area (Å²) in [4.78, 5) is 24.6. The molecule has 0 spiro atoms. The lowest BCUT2D eigenvalue weighted by Gasteiger charge is -2.12. The van der Waals surface area contributed by atoms with Gasteiger partial charge in [-0.05, 0) is 26.0 Å². The van der Waals surface area contributed by atoms with Crippen molar-refractivity contribution in [3.63, 3.8) is 0 Å². The van der Waals surface area contributed by atoms with Crippen LogP contribution in [-0.4, -0.2) is 45.6 Å². The van der Waals surface area contributed by atoms with E-state index in [1.807, 2.05) is 23.9 Å². The highest BCUT2D eigenvalue weighted by molar-refractivity contribution is 6.05. The minimum atomic E-state index is -0.338. The summed E-state index contributed by atoms with van der Waals surface area (Å²) < 4.78 is 1.85. The van der Waals surface area contributed by atoms with Gasteiger partial charge in [-0.2, -0.15) is 5.10 Å². The molecule has 1 aromatic rings. The van der Waals surface area contributed by atoms with E-state index in [-0.39, 0.29) is 24.3 Å². The predicted molar refractivity (Wildman–Crippen MR) is 65.6 cm³/mol. The molecule has 2 amide bonds. The van der Waals surface area contributed by atoms with Crippen LogP contribution in [-0.2, 0) is 16.1 Å². The van der Waals surface area contributed by atoms with Gasteiger partial charge in [-0.15, -0.1) is 0 Å². The van der Waals surface area contributed by atoms with E-state index in [1.54, 1.807) is 6.20 Å². The molecular formula is C12H18N4O2. The molecule has 1 aliphatic rings. The number of likely N-dealkylation sites (tertiary alicyclic amines) is 1. The topological polar surface area (TPSA) is 67.2 Å². The summed E-state index contributed by atoms with van der Waals surface area (Å²) in [5.41, 5.74) is 0. The molecule has 2 rings (SSSR count). The SMILES string of the molecule is CCN1C(=O)CC(NCCCn2cccn2)C1=O. The maximum atomic E-state index is 11.8. The number of carbonyl (C=O) groups is 2. The van der Waals surface area contributed by atoms with Gasteiger partial charge in [0.15, 0.2) is 0 Å². The molecule has 18 heavy (non-hydrogen) atoms. The summed E-state index contributed by atoms with van der Waals surface area (Å²) >= 11 is 0. The van der Waals surface area contributed by atoms with E-state index in [1.165, 1.54) is 4.90 Å². The Morgan fingerprint density at radius 1 is 1.50 bits per heavy atom. The van der Waals surface area contributed by atoms with E-state index in [4.69, 9.17) is 0 Å². The number of aryl methyl sites for hydroxylation is 1. The average molecular weight is 250 g/mol. The Labute approximate surface area is 106 Å². The maximum Gasteiger partial charge on any atom is 0.246 e. The second kappa shape index (κ2) is 5.77. The molecule has 0 aromatic carbocycles. The van der Waals surface area contributed by atoms with E-state index < -0.39 is 0 Å². The fraction of sp³-hybridized carbons (Fsp3) is 0.583. The van der Waals surface area contributed by atoms with Crippen LogP contribution < -0.4 is 5.32 Å². The quantitative estimate of drug-likeness (QED) is 0.570. The monoisotopic (exact) mass is 250 g/mol. The van der Waals surface area contributed by atoms with Gasteiger partial charge in [-0.25, -0.2) is 0 Å². The number of likely N-dealkylation sites (N-methyl/N-ethyl adjacent to an activating group) is 1. The predicted octanol–water partition coefficient (Wildman–Crippen LogP) is 0.0102.